The molecule has 5 heteroatoms. The highest BCUT2D eigenvalue weighted by molar-refractivity contribution is 5.30. The lowest BCUT2D eigenvalue weighted by Crippen LogP contribution is -2.22. The first-order valence-electron chi connectivity index (χ1n) is 3.62. The van der Waals surface area contributed by atoms with Crippen LogP contribution in [-0.4, -0.2) is 23.2 Å². The summed E-state index contributed by atoms with van der Waals surface area (Å²) in [6, 6.07) is 0.118. The maximum atomic E-state index is 5.26. The van der Waals surface area contributed by atoms with E-state index in [1.807, 2.05) is 18.7 Å². The Bertz CT molecular complexity index is 218. The Morgan fingerprint density at radius 1 is 1.45 bits per heavy atom. The second-order valence-corrected chi connectivity index (χ2v) is 2.10. The quantitative estimate of drug-likeness (QED) is 0.690. The van der Waals surface area contributed by atoms with Gasteiger partial charge in [-0.25, -0.2) is 0 Å². The molecule has 0 aliphatic rings. The Hall–Kier alpha value is -1.26. The van der Waals surface area contributed by atoms with Gasteiger partial charge in [0.25, 0.3) is 5.95 Å². The zero-order valence-electron chi connectivity index (χ0n) is 6.74. The first-order chi connectivity index (χ1) is 5.27. The van der Waals surface area contributed by atoms with Crippen LogP contribution in [0.4, 0.5) is 12.0 Å². The smallest absolute Gasteiger partial charge is 0.320 e. The van der Waals surface area contributed by atoms with Gasteiger partial charge in [-0.3, -0.25) is 0 Å². The Balaban J connectivity index is 2.73. The van der Waals surface area contributed by atoms with E-state index in [0.29, 0.717) is 5.95 Å². The second kappa shape index (κ2) is 3.23. The first-order valence-corrected chi connectivity index (χ1v) is 3.62. The second-order valence-electron chi connectivity index (χ2n) is 2.10. The van der Waals surface area contributed by atoms with Crippen LogP contribution in [0.1, 0.15) is 13.8 Å². The summed E-state index contributed by atoms with van der Waals surface area (Å²) < 4.78 is 4.62. The van der Waals surface area contributed by atoms with Crippen molar-refractivity contribution >= 4 is 12.0 Å². The van der Waals surface area contributed by atoms with Gasteiger partial charge in [-0.1, -0.05) is 0 Å². The van der Waals surface area contributed by atoms with Crippen LogP contribution < -0.4 is 10.6 Å². The van der Waals surface area contributed by atoms with E-state index in [-0.39, 0.29) is 6.01 Å². The number of hydrogen-bond acceptors (Lipinski definition) is 5. The van der Waals surface area contributed by atoms with Crippen molar-refractivity contribution in [2.45, 2.75) is 13.8 Å². The van der Waals surface area contributed by atoms with Gasteiger partial charge in [0.05, 0.1) is 0 Å². The number of hydrogen-bond donors (Lipinski definition) is 1. The fraction of sp³-hybridized carbons (Fsp3) is 0.667. The van der Waals surface area contributed by atoms with Crippen LogP contribution in [0.2, 0.25) is 0 Å². The zero-order chi connectivity index (χ0) is 8.27. The van der Waals surface area contributed by atoms with E-state index in [9.17, 15) is 0 Å². The predicted octanol–water partition coefficient (Wildman–Crippen LogP) is 0.498. The van der Waals surface area contributed by atoms with Crippen LogP contribution >= 0.6 is 0 Å². The molecular formula is C6H12N4O. The first kappa shape index (κ1) is 7.84. The van der Waals surface area contributed by atoms with E-state index in [4.69, 9.17) is 5.73 Å². The van der Waals surface area contributed by atoms with E-state index in [1.54, 1.807) is 0 Å². The van der Waals surface area contributed by atoms with Crippen molar-refractivity contribution in [3.63, 3.8) is 0 Å². The van der Waals surface area contributed by atoms with Gasteiger partial charge >= 0.3 is 6.01 Å². The molecule has 0 amide bonds. The number of nitrogen functional groups attached to an aromatic ring is 1. The molecule has 0 saturated carbocycles. The van der Waals surface area contributed by atoms with E-state index in [0.717, 1.165) is 13.1 Å². The minimum Gasteiger partial charge on any atom is -0.351 e. The summed E-state index contributed by atoms with van der Waals surface area (Å²) in [7, 11) is 0. The predicted molar refractivity (Wildman–Crippen MR) is 42.3 cm³/mol. The Kier molecular flexibility index (Phi) is 2.30. The molecule has 0 saturated heterocycles. The van der Waals surface area contributed by atoms with Crippen molar-refractivity contribution in [1.82, 2.24) is 10.1 Å². The fourth-order valence-corrected chi connectivity index (χ4v) is 0.862. The van der Waals surface area contributed by atoms with Crippen LogP contribution in [0.3, 0.4) is 0 Å². The third-order valence-electron chi connectivity index (χ3n) is 1.48. The van der Waals surface area contributed by atoms with Gasteiger partial charge in [-0.05, 0) is 19.0 Å². The molecule has 1 aromatic rings. The molecular weight excluding hydrogens is 144 g/mol. The molecule has 0 radical (unpaired) electrons. The average Bonchev–Trinajstić information content (AvgIpc) is 2.39. The standard InChI is InChI=1S/C6H12N4O/c1-3-10(4-2)6-8-5(7)11-9-6/h3-4H2,1-2H3,(H2,7,8,9). The van der Waals surface area contributed by atoms with E-state index < -0.39 is 0 Å². The molecule has 1 heterocycles. The summed E-state index contributed by atoms with van der Waals surface area (Å²) in [5.74, 6) is 0.563. The highest BCUT2D eigenvalue weighted by atomic mass is 16.5. The Morgan fingerprint density at radius 2 is 2.09 bits per heavy atom. The number of nitrogens with zero attached hydrogens (tertiary/aromatic N) is 3. The van der Waals surface area contributed by atoms with Crippen LogP contribution in [-0.2, 0) is 0 Å². The molecule has 0 aromatic carbocycles. The summed E-state index contributed by atoms with van der Waals surface area (Å²) in [5.41, 5.74) is 5.26. The SMILES string of the molecule is CCN(CC)c1noc(N)n1. The minimum absolute atomic E-state index is 0.118. The number of aromatic nitrogens is 2. The summed E-state index contributed by atoms with van der Waals surface area (Å²) in [6.45, 7) is 5.76. The molecule has 11 heavy (non-hydrogen) atoms. The van der Waals surface area contributed by atoms with Crippen LogP contribution in [0.5, 0.6) is 0 Å². The lowest BCUT2D eigenvalue weighted by Gasteiger charge is -2.13. The minimum atomic E-state index is 0.118. The van der Waals surface area contributed by atoms with Gasteiger partial charge in [0.15, 0.2) is 0 Å². The van der Waals surface area contributed by atoms with Crippen molar-refractivity contribution in [2.75, 3.05) is 23.7 Å². The van der Waals surface area contributed by atoms with Crippen LogP contribution in [0, 0.1) is 0 Å². The molecule has 62 valence electrons. The van der Waals surface area contributed by atoms with Gasteiger partial charge in [0.1, 0.15) is 0 Å². The molecule has 0 aliphatic heterocycles. The van der Waals surface area contributed by atoms with Crippen molar-refractivity contribution in [3.05, 3.63) is 0 Å². The topological polar surface area (TPSA) is 68.2 Å². The number of rotatable bonds is 3. The molecule has 2 N–H and O–H groups in total. The summed E-state index contributed by atoms with van der Waals surface area (Å²) in [4.78, 5) is 5.84. The largest absolute Gasteiger partial charge is 0.351 e. The van der Waals surface area contributed by atoms with Crippen LogP contribution in [0.25, 0.3) is 0 Å². The molecule has 1 aromatic heterocycles. The third kappa shape index (κ3) is 1.60. The fourth-order valence-electron chi connectivity index (χ4n) is 0.862. The van der Waals surface area contributed by atoms with Crippen molar-refractivity contribution in [1.29, 1.82) is 0 Å². The molecule has 0 atom stereocenters. The average molecular weight is 156 g/mol. The monoisotopic (exact) mass is 156 g/mol. The molecule has 0 fully saturated rings. The van der Waals surface area contributed by atoms with Gasteiger partial charge in [0, 0.05) is 13.1 Å². The highest BCUT2D eigenvalue weighted by Crippen LogP contribution is 2.08. The normalized spacial score (nSPS) is 10.0. The lowest BCUT2D eigenvalue weighted by atomic mass is 10.5. The molecule has 0 bridgehead atoms. The van der Waals surface area contributed by atoms with Crippen molar-refractivity contribution in [3.8, 4) is 0 Å². The van der Waals surface area contributed by atoms with E-state index >= 15 is 0 Å². The van der Waals surface area contributed by atoms with Gasteiger partial charge in [0.2, 0.25) is 0 Å². The van der Waals surface area contributed by atoms with E-state index in [1.165, 1.54) is 0 Å². The highest BCUT2D eigenvalue weighted by Gasteiger charge is 2.07. The van der Waals surface area contributed by atoms with Gasteiger partial charge in [-0.2, -0.15) is 4.98 Å². The van der Waals surface area contributed by atoms with Crippen molar-refractivity contribution < 1.29 is 4.52 Å². The molecule has 0 spiro atoms. The maximum absolute atomic E-state index is 5.26. The van der Waals surface area contributed by atoms with Crippen LogP contribution in [0.15, 0.2) is 4.52 Å². The Morgan fingerprint density at radius 3 is 2.45 bits per heavy atom. The summed E-state index contributed by atoms with van der Waals surface area (Å²) in [6.07, 6.45) is 0. The molecule has 0 unspecified atom stereocenters. The lowest BCUT2D eigenvalue weighted by molar-refractivity contribution is 0.434. The Labute approximate surface area is 65.2 Å². The molecule has 5 nitrogen and oxygen atoms in total. The molecule has 1 rings (SSSR count). The molecule has 0 aliphatic carbocycles. The zero-order valence-corrected chi connectivity index (χ0v) is 6.74. The summed E-state index contributed by atoms with van der Waals surface area (Å²) >= 11 is 0. The van der Waals surface area contributed by atoms with Gasteiger partial charge < -0.3 is 15.2 Å². The van der Waals surface area contributed by atoms with Crippen molar-refractivity contribution in [2.24, 2.45) is 0 Å². The third-order valence-corrected chi connectivity index (χ3v) is 1.48. The number of anilines is 2. The van der Waals surface area contributed by atoms with Gasteiger partial charge in [-0.15, -0.1) is 0 Å². The summed E-state index contributed by atoms with van der Waals surface area (Å²) in [5, 5.41) is 3.67. The maximum Gasteiger partial charge on any atom is 0.320 e. The number of nitrogens with two attached hydrogens (primary N) is 1. The van der Waals surface area contributed by atoms with E-state index in [2.05, 4.69) is 14.7 Å².